The lowest BCUT2D eigenvalue weighted by Crippen LogP contribution is -2.44. The number of carbonyl (C=O) groups is 2. The van der Waals surface area contributed by atoms with Crippen molar-refractivity contribution in [3.05, 3.63) is 53.6 Å². The Kier molecular flexibility index (Phi) is 7.03. The summed E-state index contributed by atoms with van der Waals surface area (Å²) < 4.78 is 10.9. The Labute approximate surface area is 196 Å². The Morgan fingerprint density at radius 1 is 1.12 bits per heavy atom. The van der Waals surface area contributed by atoms with E-state index >= 15 is 0 Å². The number of amides is 2. The Hall–Kier alpha value is -2.86. The van der Waals surface area contributed by atoms with Crippen molar-refractivity contribution >= 4 is 23.2 Å². The fourth-order valence-electron chi connectivity index (χ4n) is 4.80. The lowest BCUT2D eigenvalue weighted by atomic mass is 9.73. The minimum absolute atomic E-state index is 0.0144. The van der Waals surface area contributed by atoms with E-state index < -0.39 is 5.41 Å². The second-order valence-corrected chi connectivity index (χ2v) is 9.45. The van der Waals surface area contributed by atoms with Crippen LogP contribution < -0.4 is 15.0 Å². The molecule has 176 valence electrons. The predicted octanol–water partition coefficient (Wildman–Crippen LogP) is 4.71. The van der Waals surface area contributed by atoms with Crippen LogP contribution in [-0.2, 0) is 26.2 Å². The summed E-state index contributed by atoms with van der Waals surface area (Å²) in [6, 6.07) is 13.7. The minimum Gasteiger partial charge on any atom is -0.497 e. The normalized spacial score (nSPS) is 17.6. The van der Waals surface area contributed by atoms with Crippen LogP contribution in [-0.4, -0.2) is 38.7 Å². The highest BCUT2D eigenvalue weighted by Crippen LogP contribution is 2.38. The number of methoxy groups -OCH3 is 1. The van der Waals surface area contributed by atoms with Gasteiger partial charge in [0, 0.05) is 37.6 Å². The molecular formula is C27H34N2O4. The SMILES string of the molecule is COc1ccc(C2(C(=O)Nc3ccc4c(c3)CCC(=O)N4CCC(C)C)CCOCC2)cc1. The standard InChI is InChI=1S/C27H34N2O4/c1-19(2)12-15-29-24-10-7-22(18-20(24)4-11-25(29)30)28-26(31)27(13-16-33-17-14-27)21-5-8-23(32-3)9-6-21/h5-10,18-19H,4,11-17H2,1-3H3,(H,28,31). The highest BCUT2D eigenvalue weighted by atomic mass is 16.5. The van der Waals surface area contributed by atoms with Crippen molar-refractivity contribution in [3.63, 3.8) is 0 Å². The fraction of sp³-hybridized carbons (Fsp3) is 0.481. The van der Waals surface area contributed by atoms with E-state index in [1.807, 2.05) is 47.4 Å². The molecule has 2 heterocycles. The van der Waals surface area contributed by atoms with Crippen LogP contribution in [0, 0.1) is 5.92 Å². The molecule has 1 saturated heterocycles. The summed E-state index contributed by atoms with van der Waals surface area (Å²) in [6.07, 6.45) is 3.44. The van der Waals surface area contributed by atoms with Crippen LogP contribution in [0.25, 0.3) is 0 Å². The molecule has 1 N–H and O–H groups in total. The van der Waals surface area contributed by atoms with Crippen molar-refractivity contribution in [3.8, 4) is 5.75 Å². The number of nitrogens with zero attached hydrogens (tertiary/aromatic N) is 1. The number of hydrogen-bond acceptors (Lipinski definition) is 4. The number of ether oxygens (including phenoxy) is 2. The van der Waals surface area contributed by atoms with E-state index in [2.05, 4.69) is 19.2 Å². The molecule has 4 rings (SSSR count). The zero-order valence-electron chi connectivity index (χ0n) is 19.9. The van der Waals surface area contributed by atoms with Gasteiger partial charge in [-0.2, -0.15) is 0 Å². The van der Waals surface area contributed by atoms with Gasteiger partial charge in [0.15, 0.2) is 0 Å². The third-order valence-electron chi connectivity index (χ3n) is 6.89. The van der Waals surface area contributed by atoms with Crippen molar-refractivity contribution in [2.75, 3.05) is 37.1 Å². The van der Waals surface area contributed by atoms with Crippen molar-refractivity contribution in [2.24, 2.45) is 5.92 Å². The zero-order valence-corrected chi connectivity index (χ0v) is 19.9. The van der Waals surface area contributed by atoms with Gasteiger partial charge in [-0.15, -0.1) is 0 Å². The van der Waals surface area contributed by atoms with Crippen molar-refractivity contribution < 1.29 is 19.1 Å². The lowest BCUT2D eigenvalue weighted by molar-refractivity contribution is -0.125. The molecule has 1 fully saturated rings. The van der Waals surface area contributed by atoms with E-state index in [1.54, 1.807) is 7.11 Å². The Morgan fingerprint density at radius 2 is 1.85 bits per heavy atom. The van der Waals surface area contributed by atoms with Crippen LogP contribution in [0.5, 0.6) is 5.75 Å². The van der Waals surface area contributed by atoms with E-state index in [4.69, 9.17) is 9.47 Å². The summed E-state index contributed by atoms with van der Waals surface area (Å²) in [6.45, 7) is 6.18. The first-order valence-corrected chi connectivity index (χ1v) is 11.9. The van der Waals surface area contributed by atoms with Crippen molar-refractivity contribution in [1.29, 1.82) is 0 Å². The number of rotatable bonds is 7. The number of carbonyl (C=O) groups excluding carboxylic acids is 2. The molecule has 2 aliphatic heterocycles. The van der Waals surface area contributed by atoms with Gasteiger partial charge in [0.05, 0.1) is 12.5 Å². The molecule has 0 bridgehead atoms. The molecule has 2 aromatic carbocycles. The van der Waals surface area contributed by atoms with E-state index in [1.165, 1.54) is 0 Å². The number of hydrogen-bond donors (Lipinski definition) is 1. The number of fused-ring (bicyclic) bond motifs is 1. The van der Waals surface area contributed by atoms with E-state index in [0.29, 0.717) is 44.8 Å². The maximum absolute atomic E-state index is 13.6. The maximum atomic E-state index is 13.6. The van der Waals surface area contributed by atoms with Crippen LogP contribution in [0.1, 0.15) is 50.7 Å². The van der Waals surface area contributed by atoms with Gasteiger partial charge >= 0.3 is 0 Å². The largest absolute Gasteiger partial charge is 0.497 e. The van der Waals surface area contributed by atoms with E-state index in [-0.39, 0.29) is 11.8 Å². The van der Waals surface area contributed by atoms with Crippen LogP contribution in [0.15, 0.2) is 42.5 Å². The third-order valence-corrected chi connectivity index (χ3v) is 6.89. The summed E-state index contributed by atoms with van der Waals surface area (Å²) >= 11 is 0. The molecule has 0 saturated carbocycles. The molecule has 2 aliphatic rings. The van der Waals surface area contributed by atoms with Gasteiger partial charge in [-0.05, 0) is 73.1 Å². The molecule has 2 amide bonds. The molecule has 0 unspecified atom stereocenters. The number of aryl methyl sites for hydroxylation is 1. The molecule has 0 aliphatic carbocycles. The smallest absolute Gasteiger partial charge is 0.235 e. The van der Waals surface area contributed by atoms with Gasteiger partial charge in [0.25, 0.3) is 0 Å². The predicted molar refractivity (Wildman–Crippen MR) is 130 cm³/mol. The van der Waals surface area contributed by atoms with Crippen molar-refractivity contribution in [2.45, 2.75) is 51.4 Å². The molecule has 0 aromatic heterocycles. The average molecular weight is 451 g/mol. The van der Waals surface area contributed by atoms with Gasteiger partial charge in [-0.3, -0.25) is 9.59 Å². The first kappa shape index (κ1) is 23.3. The van der Waals surface area contributed by atoms with Crippen LogP contribution in [0.2, 0.25) is 0 Å². The molecular weight excluding hydrogens is 416 g/mol. The molecule has 0 radical (unpaired) electrons. The van der Waals surface area contributed by atoms with Gasteiger partial charge in [0.2, 0.25) is 11.8 Å². The summed E-state index contributed by atoms with van der Waals surface area (Å²) in [7, 11) is 1.64. The minimum atomic E-state index is -0.639. The van der Waals surface area contributed by atoms with Gasteiger partial charge in [-0.25, -0.2) is 0 Å². The lowest BCUT2D eigenvalue weighted by Gasteiger charge is -2.36. The van der Waals surface area contributed by atoms with Gasteiger partial charge in [-0.1, -0.05) is 26.0 Å². The molecule has 0 spiro atoms. The molecule has 2 aromatic rings. The Balaban J connectivity index is 1.57. The van der Waals surface area contributed by atoms with Crippen LogP contribution in [0.4, 0.5) is 11.4 Å². The van der Waals surface area contributed by atoms with Crippen LogP contribution in [0.3, 0.4) is 0 Å². The molecule has 0 atom stereocenters. The first-order valence-electron chi connectivity index (χ1n) is 11.9. The monoisotopic (exact) mass is 450 g/mol. The molecule has 33 heavy (non-hydrogen) atoms. The third kappa shape index (κ3) is 4.91. The van der Waals surface area contributed by atoms with E-state index in [0.717, 1.165) is 41.2 Å². The molecule has 6 nitrogen and oxygen atoms in total. The first-order chi connectivity index (χ1) is 15.9. The van der Waals surface area contributed by atoms with Gasteiger partial charge in [0.1, 0.15) is 5.75 Å². The number of benzene rings is 2. The average Bonchev–Trinajstić information content (AvgIpc) is 2.83. The zero-order chi connectivity index (χ0) is 23.4. The summed E-state index contributed by atoms with van der Waals surface area (Å²) in [5.41, 5.74) is 3.20. The quantitative estimate of drug-likeness (QED) is 0.664. The molecule has 6 heteroatoms. The van der Waals surface area contributed by atoms with Gasteiger partial charge < -0.3 is 19.7 Å². The van der Waals surface area contributed by atoms with Crippen molar-refractivity contribution in [1.82, 2.24) is 0 Å². The summed E-state index contributed by atoms with van der Waals surface area (Å²) in [5, 5.41) is 3.18. The Morgan fingerprint density at radius 3 is 2.52 bits per heavy atom. The fourth-order valence-corrected chi connectivity index (χ4v) is 4.80. The summed E-state index contributed by atoms with van der Waals surface area (Å²) in [4.78, 5) is 28.1. The topological polar surface area (TPSA) is 67.9 Å². The highest BCUT2D eigenvalue weighted by molar-refractivity contribution is 6.01. The second-order valence-electron chi connectivity index (χ2n) is 9.45. The summed E-state index contributed by atoms with van der Waals surface area (Å²) in [5.74, 6) is 1.48. The number of anilines is 2. The number of nitrogens with one attached hydrogen (secondary N) is 1. The van der Waals surface area contributed by atoms with E-state index in [9.17, 15) is 9.59 Å². The second kappa shape index (κ2) is 9.96. The van der Waals surface area contributed by atoms with Crippen LogP contribution >= 0.6 is 0 Å². The highest BCUT2D eigenvalue weighted by Gasteiger charge is 2.42. The Bertz CT molecular complexity index is 994. The maximum Gasteiger partial charge on any atom is 0.235 e.